The molecule has 10 heteroatoms. The molecule has 0 saturated heterocycles. The largest absolute Gasteiger partial charge is 0.418 e. The first-order chi connectivity index (χ1) is 10.8. The molecule has 0 aliphatic carbocycles. The third-order valence-corrected chi connectivity index (χ3v) is 5.00. The van der Waals surface area contributed by atoms with Gasteiger partial charge in [-0.1, -0.05) is 0 Å². The maximum atomic E-state index is 13.4. The van der Waals surface area contributed by atoms with Crippen LogP contribution in [-0.2, 0) is 25.1 Å². The van der Waals surface area contributed by atoms with Crippen LogP contribution in [0.25, 0.3) is 10.2 Å². The minimum atomic E-state index is -4.77. The first-order valence-corrected chi connectivity index (χ1v) is 8.11. The number of rotatable bonds is 5. The van der Waals surface area contributed by atoms with Gasteiger partial charge in [0.15, 0.2) is 0 Å². The molecule has 0 atom stereocenters. The summed E-state index contributed by atoms with van der Waals surface area (Å²) in [6.45, 7) is 0.577. The zero-order valence-corrected chi connectivity index (χ0v) is 13.6. The van der Waals surface area contributed by atoms with Crippen molar-refractivity contribution in [3.8, 4) is 0 Å². The maximum absolute atomic E-state index is 13.4. The van der Waals surface area contributed by atoms with Crippen LogP contribution in [0.2, 0.25) is 0 Å². The van der Waals surface area contributed by atoms with Gasteiger partial charge in [-0.2, -0.15) is 13.2 Å². The lowest BCUT2D eigenvalue weighted by atomic mass is 10.2. The number of hydrogen-bond donors (Lipinski definition) is 0. The van der Waals surface area contributed by atoms with Gasteiger partial charge in [-0.25, -0.2) is 4.79 Å². The van der Waals surface area contributed by atoms with E-state index in [2.05, 4.69) is 0 Å². The van der Waals surface area contributed by atoms with Crippen molar-refractivity contribution < 1.29 is 17.6 Å². The highest BCUT2D eigenvalue weighted by Gasteiger charge is 2.39. The summed E-state index contributed by atoms with van der Waals surface area (Å²) in [4.78, 5) is 24.3. The second-order valence-corrected chi connectivity index (χ2v) is 6.09. The van der Waals surface area contributed by atoms with Crippen molar-refractivity contribution in [3.63, 3.8) is 0 Å². The molecule has 128 valence electrons. The molecular weight excluding hydrogens is 360 g/mol. The van der Waals surface area contributed by atoms with E-state index in [-0.39, 0.29) is 29.2 Å². The van der Waals surface area contributed by atoms with E-state index in [1.807, 2.05) is 0 Å². The summed E-state index contributed by atoms with van der Waals surface area (Å²) in [5.41, 5.74) is -2.84. The number of alkyl halides is 5. The lowest BCUT2D eigenvalue weighted by Gasteiger charge is -2.11. The van der Waals surface area contributed by atoms with E-state index in [0.29, 0.717) is 11.3 Å². The summed E-state index contributed by atoms with van der Waals surface area (Å²) in [7, 11) is 0. The fraction of sp³-hybridized carbons (Fsp3) is 0.538. The molecule has 0 saturated carbocycles. The molecule has 0 bridgehead atoms. The van der Waals surface area contributed by atoms with Crippen LogP contribution in [0.5, 0.6) is 0 Å². The monoisotopic (exact) mass is 372 g/mol. The topological polar surface area (TPSA) is 44.0 Å². The van der Waals surface area contributed by atoms with Gasteiger partial charge >= 0.3 is 11.9 Å². The van der Waals surface area contributed by atoms with Gasteiger partial charge in [0.1, 0.15) is 4.83 Å². The van der Waals surface area contributed by atoms with Gasteiger partial charge in [0, 0.05) is 18.0 Å². The second kappa shape index (κ2) is 6.64. The molecule has 0 aromatic carbocycles. The van der Waals surface area contributed by atoms with Crippen LogP contribution in [0.4, 0.5) is 17.6 Å². The average Bonchev–Trinajstić information content (AvgIpc) is 2.87. The van der Waals surface area contributed by atoms with Crippen molar-refractivity contribution in [2.24, 2.45) is 0 Å². The Morgan fingerprint density at radius 2 is 1.87 bits per heavy atom. The Kier molecular flexibility index (Phi) is 5.20. The number of nitrogens with zero attached hydrogens (tertiary/aromatic N) is 2. The zero-order valence-electron chi connectivity index (χ0n) is 12.0. The minimum absolute atomic E-state index is 0.0353. The van der Waals surface area contributed by atoms with Gasteiger partial charge in [0.2, 0.25) is 0 Å². The van der Waals surface area contributed by atoms with Gasteiger partial charge in [-0.3, -0.25) is 18.3 Å². The number of aryl methyl sites for hydroxylation is 1. The SMILES string of the molecule is CCn1c(=O)c2c(C(F)(F)F)c(CCl)sc2n(CCCF)c1=O. The van der Waals surface area contributed by atoms with E-state index < -0.39 is 40.9 Å². The number of aromatic nitrogens is 2. The molecule has 0 aliphatic rings. The summed E-state index contributed by atoms with van der Waals surface area (Å²) in [6.07, 6.45) is -4.80. The van der Waals surface area contributed by atoms with Crippen molar-refractivity contribution in [2.45, 2.75) is 38.5 Å². The van der Waals surface area contributed by atoms with Gasteiger partial charge in [-0.05, 0) is 13.3 Å². The quantitative estimate of drug-likeness (QED) is 0.596. The van der Waals surface area contributed by atoms with Crippen molar-refractivity contribution in [1.29, 1.82) is 0 Å². The Morgan fingerprint density at radius 1 is 1.22 bits per heavy atom. The Morgan fingerprint density at radius 3 is 2.35 bits per heavy atom. The summed E-state index contributed by atoms with van der Waals surface area (Å²) in [6, 6.07) is 0. The van der Waals surface area contributed by atoms with Crippen LogP contribution in [0, 0.1) is 0 Å². The van der Waals surface area contributed by atoms with Gasteiger partial charge < -0.3 is 0 Å². The first-order valence-electron chi connectivity index (χ1n) is 6.76. The lowest BCUT2D eigenvalue weighted by molar-refractivity contribution is -0.136. The standard InChI is InChI=1S/C13H13ClF4N2O2S/c1-2-19-10(21)8-9(13(16,17)18)7(6-14)23-11(8)20(12(19)22)5-3-4-15/h2-6H2,1H3. The molecule has 0 N–H and O–H groups in total. The van der Waals surface area contributed by atoms with Crippen LogP contribution in [0.1, 0.15) is 23.8 Å². The number of hydrogen-bond acceptors (Lipinski definition) is 3. The lowest BCUT2D eigenvalue weighted by Crippen LogP contribution is -2.39. The molecule has 0 fully saturated rings. The molecule has 0 amide bonds. The van der Waals surface area contributed by atoms with Gasteiger partial charge in [-0.15, -0.1) is 22.9 Å². The molecule has 2 aromatic rings. The number of thiophene rings is 1. The average molecular weight is 373 g/mol. The molecule has 2 heterocycles. The third kappa shape index (κ3) is 3.03. The van der Waals surface area contributed by atoms with E-state index in [1.165, 1.54) is 6.92 Å². The third-order valence-electron chi connectivity index (χ3n) is 3.36. The fourth-order valence-corrected chi connectivity index (χ4v) is 3.87. The highest BCUT2D eigenvalue weighted by atomic mass is 35.5. The Labute approximate surface area is 136 Å². The van der Waals surface area contributed by atoms with Crippen LogP contribution >= 0.6 is 22.9 Å². The summed E-state index contributed by atoms with van der Waals surface area (Å²) >= 11 is 6.24. The predicted molar refractivity (Wildman–Crippen MR) is 81.2 cm³/mol. The highest BCUT2D eigenvalue weighted by molar-refractivity contribution is 7.19. The normalized spacial score (nSPS) is 12.3. The predicted octanol–water partition coefficient (Wildman–Crippen LogP) is 3.36. The highest BCUT2D eigenvalue weighted by Crippen LogP contribution is 2.41. The molecule has 0 aliphatic heterocycles. The smallest absolute Gasteiger partial charge is 0.284 e. The Hall–Kier alpha value is -1.35. The molecule has 23 heavy (non-hydrogen) atoms. The Balaban J connectivity index is 3.00. The van der Waals surface area contributed by atoms with E-state index in [4.69, 9.17) is 11.6 Å². The molecule has 0 unspecified atom stereocenters. The minimum Gasteiger partial charge on any atom is -0.284 e. The van der Waals surface area contributed by atoms with E-state index in [9.17, 15) is 27.2 Å². The maximum Gasteiger partial charge on any atom is 0.418 e. The molecule has 4 nitrogen and oxygen atoms in total. The number of halogens is 5. The molecule has 2 rings (SSSR count). The summed E-state index contributed by atoms with van der Waals surface area (Å²) in [5.74, 6) is -0.433. The number of fused-ring (bicyclic) bond motifs is 1. The van der Waals surface area contributed by atoms with Crippen LogP contribution in [0.15, 0.2) is 9.59 Å². The summed E-state index contributed by atoms with van der Waals surface area (Å²) < 4.78 is 54.2. The van der Waals surface area contributed by atoms with Gasteiger partial charge in [0.05, 0.1) is 23.5 Å². The zero-order chi connectivity index (χ0) is 17.4. The Bertz CT molecular complexity index is 838. The van der Waals surface area contributed by atoms with Crippen molar-refractivity contribution >= 4 is 33.2 Å². The summed E-state index contributed by atoms with van der Waals surface area (Å²) in [5, 5.41) is -0.571. The first kappa shape index (κ1) is 18.0. The van der Waals surface area contributed by atoms with E-state index >= 15 is 0 Å². The molecule has 0 spiro atoms. The van der Waals surface area contributed by atoms with E-state index in [1.54, 1.807) is 0 Å². The van der Waals surface area contributed by atoms with Crippen LogP contribution in [-0.4, -0.2) is 15.8 Å². The van der Waals surface area contributed by atoms with E-state index in [0.717, 1.165) is 9.13 Å². The van der Waals surface area contributed by atoms with Crippen LogP contribution in [0.3, 0.4) is 0 Å². The fourth-order valence-electron chi connectivity index (χ4n) is 2.40. The molecule has 0 radical (unpaired) electrons. The van der Waals surface area contributed by atoms with Crippen LogP contribution < -0.4 is 11.2 Å². The van der Waals surface area contributed by atoms with Crippen molar-refractivity contribution in [2.75, 3.05) is 6.67 Å². The molecule has 2 aromatic heterocycles. The van der Waals surface area contributed by atoms with Gasteiger partial charge in [0.25, 0.3) is 5.56 Å². The van der Waals surface area contributed by atoms with Crippen molar-refractivity contribution in [1.82, 2.24) is 9.13 Å². The second-order valence-electron chi connectivity index (χ2n) is 4.74. The molecular formula is C13H13ClF4N2O2S. The van der Waals surface area contributed by atoms with Crippen molar-refractivity contribution in [3.05, 3.63) is 31.3 Å².